The first-order chi connectivity index (χ1) is 10.0. The van der Waals surface area contributed by atoms with Crippen LogP contribution >= 0.6 is 11.6 Å². The molecule has 0 radical (unpaired) electrons. The van der Waals surface area contributed by atoms with Gasteiger partial charge in [0, 0.05) is 24.1 Å². The molecule has 0 bridgehead atoms. The number of nitro benzene ring substituents is 1. The standard InChI is InChI=1S/C12H10ClF3N2O4/c13-7-1-2-8(9(5-7)18(21)22)10(19)17-4-3-11(20,6-17)12(14,15)16/h1-2,5,20H,3-4,6H2/t11-/m1/s1. The fraction of sp³-hybridized carbons (Fsp3) is 0.417. The van der Waals surface area contributed by atoms with Crippen molar-refractivity contribution in [1.29, 1.82) is 0 Å². The van der Waals surface area contributed by atoms with Gasteiger partial charge >= 0.3 is 6.18 Å². The number of amides is 1. The Kier molecular flexibility index (Phi) is 4.05. The maximum Gasteiger partial charge on any atom is 0.419 e. The number of aliphatic hydroxyl groups is 1. The van der Waals surface area contributed by atoms with E-state index < -0.39 is 41.3 Å². The molecule has 1 atom stereocenters. The third kappa shape index (κ3) is 2.86. The number of likely N-dealkylation sites (tertiary alicyclic amines) is 1. The summed E-state index contributed by atoms with van der Waals surface area (Å²) in [5.74, 6) is -0.955. The molecular weight excluding hydrogens is 329 g/mol. The van der Waals surface area contributed by atoms with E-state index in [1.807, 2.05) is 0 Å². The summed E-state index contributed by atoms with van der Waals surface area (Å²) in [4.78, 5) is 23.0. The first-order valence-corrected chi connectivity index (χ1v) is 6.45. The van der Waals surface area contributed by atoms with Crippen LogP contribution in [0, 0.1) is 10.1 Å². The van der Waals surface area contributed by atoms with Gasteiger partial charge in [-0.05, 0) is 12.1 Å². The molecule has 1 saturated heterocycles. The van der Waals surface area contributed by atoms with Gasteiger partial charge in [0.1, 0.15) is 5.56 Å². The predicted molar refractivity (Wildman–Crippen MR) is 69.6 cm³/mol. The Morgan fingerprint density at radius 3 is 2.59 bits per heavy atom. The molecule has 1 fully saturated rings. The Morgan fingerprint density at radius 1 is 1.45 bits per heavy atom. The van der Waals surface area contributed by atoms with Crippen LogP contribution in [0.15, 0.2) is 18.2 Å². The largest absolute Gasteiger partial charge is 0.419 e. The molecule has 1 N–H and O–H groups in total. The predicted octanol–water partition coefficient (Wildman–Crippen LogP) is 2.39. The van der Waals surface area contributed by atoms with Crippen molar-refractivity contribution in [2.45, 2.75) is 18.2 Å². The molecule has 22 heavy (non-hydrogen) atoms. The fourth-order valence-corrected chi connectivity index (χ4v) is 2.37. The zero-order valence-electron chi connectivity index (χ0n) is 10.9. The Bertz CT molecular complexity index is 637. The van der Waals surface area contributed by atoms with Gasteiger partial charge in [0.2, 0.25) is 0 Å². The molecule has 2 rings (SSSR count). The van der Waals surface area contributed by atoms with Gasteiger partial charge < -0.3 is 10.0 Å². The number of halogens is 4. The van der Waals surface area contributed by atoms with Crippen LogP contribution in [-0.2, 0) is 0 Å². The van der Waals surface area contributed by atoms with E-state index in [1.54, 1.807) is 0 Å². The Hall–Kier alpha value is -1.87. The van der Waals surface area contributed by atoms with E-state index in [0.29, 0.717) is 0 Å². The molecule has 1 aromatic carbocycles. The zero-order chi connectivity index (χ0) is 16.7. The molecule has 0 aliphatic carbocycles. The van der Waals surface area contributed by atoms with Crippen LogP contribution in [0.2, 0.25) is 5.02 Å². The van der Waals surface area contributed by atoms with E-state index in [2.05, 4.69) is 0 Å². The van der Waals surface area contributed by atoms with E-state index >= 15 is 0 Å². The number of nitro groups is 1. The highest BCUT2D eigenvalue weighted by atomic mass is 35.5. The molecular formula is C12H10ClF3N2O4. The lowest BCUT2D eigenvalue weighted by molar-refractivity contribution is -0.385. The highest BCUT2D eigenvalue weighted by Crippen LogP contribution is 2.38. The minimum Gasteiger partial charge on any atom is -0.379 e. The number of benzene rings is 1. The summed E-state index contributed by atoms with van der Waals surface area (Å²) in [6, 6.07) is 3.25. The molecule has 1 amide bonds. The first-order valence-electron chi connectivity index (χ1n) is 6.07. The maximum atomic E-state index is 12.7. The smallest absolute Gasteiger partial charge is 0.379 e. The molecule has 120 valence electrons. The molecule has 1 aromatic rings. The van der Waals surface area contributed by atoms with Crippen molar-refractivity contribution in [2.24, 2.45) is 0 Å². The van der Waals surface area contributed by atoms with Crippen molar-refractivity contribution in [1.82, 2.24) is 4.90 Å². The molecule has 1 aliphatic rings. The summed E-state index contributed by atoms with van der Waals surface area (Å²) >= 11 is 5.61. The molecule has 0 spiro atoms. The number of β-amino-alcohol motifs (C(OH)–C–C–N with tert-alkyl or cyclic N) is 1. The number of hydrogen-bond donors (Lipinski definition) is 1. The highest BCUT2D eigenvalue weighted by Gasteiger charge is 2.58. The van der Waals surface area contributed by atoms with Crippen LogP contribution in [0.5, 0.6) is 0 Å². The van der Waals surface area contributed by atoms with Crippen LogP contribution < -0.4 is 0 Å². The van der Waals surface area contributed by atoms with Crippen molar-refractivity contribution in [3.05, 3.63) is 38.9 Å². The van der Waals surface area contributed by atoms with Gasteiger partial charge in [0.25, 0.3) is 11.6 Å². The zero-order valence-corrected chi connectivity index (χ0v) is 11.7. The van der Waals surface area contributed by atoms with Crippen molar-refractivity contribution in [3.8, 4) is 0 Å². The van der Waals surface area contributed by atoms with Gasteiger partial charge in [0.05, 0.1) is 11.5 Å². The fourth-order valence-electron chi connectivity index (χ4n) is 2.21. The van der Waals surface area contributed by atoms with Gasteiger partial charge in [-0.15, -0.1) is 0 Å². The normalized spacial score (nSPS) is 22.0. The van der Waals surface area contributed by atoms with E-state index in [9.17, 15) is 33.2 Å². The van der Waals surface area contributed by atoms with Crippen molar-refractivity contribution in [3.63, 3.8) is 0 Å². The number of nitrogens with zero attached hydrogens (tertiary/aromatic N) is 2. The third-order valence-electron chi connectivity index (χ3n) is 3.45. The molecule has 10 heteroatoms. The average Bonchev–Trinajstić information content (AvgIpc) is 2.81. The second-order valence-electron chi connectivity index (χ2n) is 4.92. The molecule has 1 aliphatic heterocycles. The number of alkyl halides is 3. The van der Waals surface area contributed by atoms with E-state index in [1.165, 1.54) is 6.07 Å². The summed E-state index contributed by atoms with van der Waals surface area (Å²) in [6.07, 6.45) is -5.56. The van der Waals surface area contributed by atoms with Crippen molar-refractivity contribution >= 4 is 23.2 Å². The van der Waals surface area contributed by atoms with Gasteiger partial charge in [-0.3, -0.25) is 14.9 Å². The highest BCUT2D eigenvalue weighted by molar-refractivity contribution is 6.31. The average molecular weight is 339 g/mol. The lowest BCUT2D eigenvalue weighted by atomic mass is 10.0. The topological polar surface area (TPSA) is 83.7 Å². The summed E-state index contributed by atoms with van der Waals surface area (Å²) in [6.45, 7) is -1.32. The number of rotatable bonds is 2. The van der Waals surface area contributed by atoms with Crippen LogP contribution in [0.3, 0.4) is 0 Å². The minimum absolute atomic E-state index is 0.0245. The number of carbonyl (C=O) groups is 1. The summed E-state index contributed by atoms with van der Waals surface area (Å²) in [5, 5.41) is 20.5. The van der Waals surface area contributed by atoms with E-state index in [0.717, 1.165) is 17.0 Å². The Labute approximate surface area is 127 Å². The quantitative estimate of drug-likeness (QED) is 0.663. The van der Waals surface area contributed by atoms with Gasteiger partial charge in [0.15, 0.2) is 5.60 Å². The molecule has 0 aromatic heterocycles. The lowest BCUT2D eigenvalue weighted by Gasteiger charge is -2.25. The number of carbonyl (C=O) groups excluding carboxylic acids is 1. The van der Waals surface area contributed by atoms with E-state index in [4.69, 9.17) is 11.6 Å². The summed E-state index contributed by atoms with van der Waals surface area (Å²) in [7, 11) is 0. The first kappa shape index (κ1) is 16.5. The van der Waals surface area contributed by atoms with Gasteiger partial charge in [-0.2, -0.15) is 13.2 Å². The minimum atomic E-state index is -4.88. The monoisotopic (exact) mass is 338 g/mol. The molecule has 1 heterocycles. The lowest BCUT2D eigenvalue weighted by Crippen LogP contribution is -2.48. The Balaban J connectivity index is 2.30. The van der Waals surface area contributed by atoms with Crippen molar-refractivity contribution < 1.29 is 28.0 Å². The van der Waals surface area contributed by atoms with Gasteiger partial charge in [-0.1, -0.05) is 11.6 Å². The summed E-state index contributed by atoms with van der Waals surface area (Å²) < 4.78 is 38.2. The molecule has 0 saturated carbocycles. The van der Waals surface area contributed by atoms with Gasteiger partial charge in [-0.25, -0.2) is 0 Å². The second kappa shape index (κ2) is 5.40. The summed E-state index contributed by atoms with van der Waals surface area (Å²) in [5.41, 5.74) is -3.97. The number of hydrogen-bond acceptors (Lipinski definition) is 4. The van der Waals surface area contributed by atoms with Crippen LogP contribution in [0.25, 0.3) is 0 Å². The van der Waals surface area contributed by atoms with Crippen LogP contribution in [0.4, 0.5) is 18.9 Å². The SMILES string of the molecule is O=C(c1ccc(Cl)cc1[N+](=O)[O-])N1CC[C@](O)(C(F)(F)F)C1. The van der Waals surface area contributed by atoms with Crippen LogP contribution in [-0.4, -0.2) is 45.7 Å². The van der Waals surface area contributed by atoms with E-state index in [-0.39, 0.29) is 17.1 Å². The van der Waals surface area contributed by atoms with Crippen LogP contribution in [0.1, 0.15) is 16.8 Å². The second-order valence-corrected chi connectivity index (χ2v) is 5.36. The maximum absolute atomic E-state index is 12.7. The molecule has 0 unspecified atom stereocenters. The van der Waals surface area contributed by atoms with Crippen molar-refractivity contribution in [2.75, 3.05) is 13.1 Å². The third-order valence-corrected chi connectivity index (χ3v) is 3.68. The molecule has 6 nitrogen and oxygen atoms in total. The Morgan fingerprint density at radius 2 is 2.09 bits per heavy atom.